The fraction of sp³-hybridized carbons (Fsp3) is 0.562. The summed E-state index contributed by atoms with van der Waals surface area (Å²) in [6.45, 7) is 3.04. The first-order chi connectivity index (χ1) is 11.3. The van der Waals surface area contributed by atoms with Crippen LogP contribution in [0.1, 0.15) is 42.9 Å². The number of nitrogens with two attached hydrogens (primary N) is 1. The molecule has 0 heterocycles. The molecule has 0 aromatic heterocycles. The summed E-state index contributed by atoms with van der Waals surface area (Å²) in [6, 6.07) is 1.90. The molecule has 0 aliphatic rings. The van der Waals surface area contributed by atoms with Crippen LogP contribution in [-0.2, 0) is 17.1 Å². The second-order valence-corrected chi connectivity index (χ2v) is 6.07. The maximum absolute atomic E-state index is 13.0. The predicted octanol–water partition coefficient (Wildman–Crippen LogP) is 4.51. The van der Waals surface area contributed by atoms with Crippen molar-refractivity contribution in [3.8, 4) is 0 Å². The SMILES string of the molecule is CC(CC(CN)C(=O)O)C(C)c1ccc(C(F)(F)F)c(C(F)(F)F)c1. The van der Waals surface area contributed by atoms with E-state index in [2.05, 4.69) is 0 Å². The van der Waals surface area contributed by atoms with E-state index in [1.165, 1.54) is 0 Å². The van der Waals surface area contributed by atoms with Crippen LogP contribution in [-0.4, -0.2) is 17.6 Å². The molecule has 0 aliphatic carbocycles. The van der Waals surface area contributed by atoms with E-state index in [-0.39, 0.29) is 24.4 Å². The summed E-state index contributed by atoms with van der Waals surface area (Å²) in [7, 11) is 0. The minimum absolute atomic E-state index is 0.0639. The summed E-state index contributed by atoms with van der Waals surface area (Å²) < 4.78 is 77.4. The van der Waals surface area contributed by atoms with Gasteiger partial charge in [-0.25, -0.2) is 0 Å². The predicted molar refractivity (Wildman–Crippen MR) is 78.8 cm³/mol. The van der Waals surface area contributed by atoms with E-state index in [0.717, 1.165) is 6.07 Å². The number of rotatable bonds is 6. The lowest BCUT2D eigenvalue weighted by molar-refractivity contribution is -0.162. The molecule has 0 saturated carbocycles. The maximum atomic E-state index is 13.0. The molecule has 1 aromatic carbocycles. The second-order valence-electron chi connectivity index (χ2n) is 6.07. The van der Waals surface area contributed by atoms with Gasteiger partial charge in [-0.3, -0.25) is 4.79 Å². The minimum Gasteiger partial charge on any atom is -0.481 e. The molecule has 1 aromatic rings. The van der Waals surface area contributed by atoms with Gasteiger partial charge in [0.1, 0.15) is 0 Å². The largest absolute Gasteiger partial charge is 0.481 e. The molecule has 0 spiro atoms. The second kappa shape index (κ2) is 7.63. The summed E-state index contributed by atoms with van der Waals surface area (Å²) >= 11 is 0. The van der Waals surface area contributed by atoms with Gasteiger partial charge in [-0.2, -0.15) is 26.3 Å². The van der Waals surface area contributed by atoms with Crippen LogP contribution in [0.5, 0.6) is 0 Å². The number of alkyl halides is 6. The van der Waals surface area contributed by atoms with Crippen molar-refractivity contribution < 1.29 is 36.2 Å². The lowest BCUT2D eigenvalue weighted by atomic mass is 9.82. The van der Waals surface area contributed by atoms with Crippen LogP contribution >= 0.6 is 0 Å². The van der Waals surface area contributed by atoms with Gasteiger partial charge >= 0.3 is 18.3 Å². The molecular weight excluding hydrogens is 352 g/mol. The molecule has 3 nitrogen and oxygen atoms in total. The first kappa shape index (κ1) is 21.3. The summed E-state index contributed by atoms with van der Waals surface area (Å²) in [4.78, 5) is 11.0. The molecule has 3 N–H and O–H groups in total. The van der Waals surface area contributed by atoms with Crippen LogP contribution in [0.2, 0.25) is 0 Å². The molecule has 0 aliphatic heterocycles. The monoisotopic (exact) mass is 371 g/mol. The number of benzene rings is 1. The van der Waals surface area contributed by atoms with E-state index in [9.17, 15) is 31.1 Å². The molecule has 142 valence electrons. The van der Waals surface area contributed by atoms with E-state index < -0.39 is 41.3 Å². The van der Waals surface area contributed by atoms with Crippen molar-refractivity contribution in [2.45, 2.75) is 38.5 Å². The van der Waals surface area contributed by atoms with Crippen LogP contribution in [0.15, 0.2) is 18.2 Å². The highest BCUT2D eigenvalue weighted by molar-refractivity contribution is 5.70. The fourth-order valence-corrected chi connectivity index (χ4v) is 2.61. The van der Waals surface area contributed by atoms with Crippen molar-refractivity contribution in [1.29, 1.82) is 0 Å². The number of carboxylic acids is 1. The summed E-state index contributed by atoms with van der Waals surface area (Å²) in [5, 5.41) is 9.00. The van der Waals surface area contributed by atoms with Crippen LogP contribution in [0.4, 0.5) is 26.3 Å². The van der Waals surface area contributed by atoms with Gasteiger partial charge in [0.15, 0.2) is 0 Å². The van der Waals surface area contributed by atoms with Crippen LogP contribution in [0.3, 0.4) is 0 Å². The number of hydrogen-bond acceptors (Lipinski definition) is 2. The average molecular weight is 371 g/mol. The standard InChI is InChI=1S/C16H19F6NO2/c1-8(5-11(7-23)14(24)25)9(2)10-3-4-12(15(17,18)19)13(6-10)16(20,21)22/h3-4,6,8-9,11H,5,7,23H2,1-2H3,(H,24,25). The van der Waals surface area contributed by atoms with Gasteiger partial charge in [0.05, 0.1) is 17.0 Å². The zero-order valence-electron chi connectivity index (χ0n) is 13.6. The van der Waals surface area contributed by atoms with E-state index in [1.807, 2.05) is 0 Å². The van der Waals surface area contributed by atoms with Crippen molar-refractivity contribution in [2.75, 3.05) is 6.54 Å². The van der Waals surface area contributed by atoms with Gasteiger partial charge < -0.3 is 10.8 Å². The van der Waals surface area contributed by atoms with Gasteiger partial charge in [-0.1, -0.05) is 19.9 Å². The molecule has 0 saturated heterocycles. The first-order valence-electron chi connectivity index (χ1n) is 7.50. The molecule has 3 unspecified atom stereocenters. The zero-order chi connectivity index (χ0) is 19.6. The lowest BCUT2D eigenvalue weighted by Gasteiger charge is -2.25. The number of halogens is 6. The summed E-state index contributed by atoms with van der Waals surface area (Å²) in [5.74, 6) is -2.95. The third-order valence-corrected chi connectivity index (χ3v) is 4.32. The molecule has 0 radical (unpaired) electrons. The molecule has 0 fully saturated rings. The van der Waals surface area contributed by atoms with Crippen LogP contribution in [0, 0.1) is 11.8 Å². The van der Waals surface area contributed by atoms with Crippen molar-refractivity contribution in [2.24, 2.45) is 17.6 Å². The Morgan fingerprint density at radius 2 is 1.60 bits per heavy atom. The van der Waals surface area contributed by atoms with E-state index in [4.69, 9.17) is 10.8 Å². The molecule has 3 atom stereocenters. The maximum Gasteiger partial charge on any atom is 0.417 e. The van der Waals surface area contributed by atoms with Gasteiger partial charge in [0, 0.05) is 6.54 Å². The smallest absolute Gasteiger partial charge is 0.417 e. The normalized spacial score (nSPS) is 16.4. The van der Waals surface area contributed by atoms with E-state index in [0.29, 0.717) is 12.1 Å². The Labute approximate surface area is 140 Å². The topological polar surface area (TPSA) is 63.3 Å². The quantitative estimate of drug-likeness (QED) is 0.723. The van der Waals surface area contributed by atoms with Gasteiger partial charge in [-0.05, 0) is 36.0 Å². The number of carboxylic acid groups (broad SMARTS) is 1. The molecule has 9 heteroatoms. The van der Waals surface area contributed by atoms with Crippen molar-refractivity contribution in [1.82, 2.24) is 0 Å². The van der Waals surface area contributed by atoms with Crippen LogP contribution in [0.25, 0.3) is 0 Å². The number of aliphatic carboxylic acids is 1. The molecule has 0 amide bonds. The average Bonchev–Trinajstić information content (AvgIpc) is 2.48. The Morgan fingerprint density at radius 3 is 2.00 bits per heavy atom. The molecule has 0 bridgehead atoms. The van der Waals surface area contributed by atoms with Gasteiger partial charge in [-0.15, -0.1) is 0 Å². The molecular formula is C16H19F6NO2. The minimum atomic E-state index is -5.15. The van der Waals surface area contributed by atoms with E-state index in [1.54, 1.807) is 13.8 Å². The van der Waals surface area contributed by atoms with E-state index >= 15 is 0 Å². The highest BCUT2D eigenvalue weighted by Gasteiger charge is 2.43. The van der Waals surface area contributed by atoms with Gasteiger partial charge in [0.25, 0.3) is 0 Å². The van der Waals surface area contributed by atoms with Crippen LogP contribution < -0.4 is 5.73 Å². The highest BCUT2D eigenvalue weighted by Crippen LogP contribution is 2.42. The van der Waals surface area contributed by atoms with Crippen molar-refractivity contribution >= 4 is 5.97 Å². The Bertz CT molecular complexity index is 612. The highest BCUT2D eigenvalue weighted by atomic mass is 19.4. The van der Waals surface area contributed by atoms with Gasteiger partial charge in [0.2, 0.25) is 0 Å². The van der Waals surface area contributed by atoms with Crippen molar-refractivity contribution in [3.63, 3.8) is 0 Å². The third kappa shape index (κ3) is 5.35. The third-order valence-electron chi connectivity index (χ3n) is 4.32. The number of carbonyl (C=O) groups is 1. The Balaban J connectivity index is 3.19. The fourth-order valence-electron chi connectivity index (χ4n) is 2.61. The Kier molecular flexibility index (Phi) is 6.50. The summed E-state index contributed by atoms with van der Waals surface area (Å²) in [6.07, 6.45) is -10.2. The number of hydrogen-bond donors (Lipinski definition) is 2. The Morgan fingerprint density at radius 1 is 1.08 bits per heavy atom. The first-order valence-corrected chi connectivity index (χ1v) is 7.50. The Hall–Kier alpha value is -1.77. The molecule has 25 heavy (non-hydrogen) atoms. The van der Waals surface area contributed by atoms with Crippen molar-refractivity contribution in [3.05, 3.63) is 34.9 Å². The lowest BCUT2D eigenvalue weighted by Crippen LogP contribution is -2.26. The summed E-state index contributed by atoms with van der Waals surface area (Å²) in [5.41, 5.74) is 1.93. The molecule has 1 rings (SSSR count). The zero-order valence-corrected chi connectivity index (χ0v) is 13.6.